The largest absolute Gasteiger partial charge is 0.465 e. The van der Waals surface area contributed by atoms with Gasteiger partial charge in [0.2, 0.25) is 0 Å². The van der Waals surface area contributed by atoms with Crippen LogP contribution in [0.15, 0.2) is 45.9 Å². The fraction of sp³-hybridized carbons (Fsp3) is 0.294. The lowest BCUT2D eigenvalue weighted by molar-refractivity contribution is -0.141. The Labute approximate surface area is 174 Å². The lowest BCUT2D eigenvalue weighted by atomic mass is 10.2. The molecule has 0 saturated carbocycles. The van der Waals surface area contributed by atoms with E-state index in [1.165, 1.54) is 18.2 Å². The lowest BCUT2D eigenvalue weighted by Gasteiger charge is -2.06. The molecule has 0 bridgehead atoms. The molecule has 0 aliphatic heterocycles. The van der Waals surface area contributed by atoms with Crippen LogP contribution in [0.5, 0.6) is 0 Å². The standard InChI is InChI=1S/C17H17F3N4O4S2/c1-3-28-14(25)9-22-12(8-13(21)17(18,19)20)15-23-16(29-24-15)10-5-4-6-11(7-10)30(2,26)27/h4-8H,3,9,21H2,1-2H3. The van der Waals surface area contributed by atoms with Crippen molar-refractivity contribution < 1.29 is 31.1 Å². The van der Waals surface area contributed by atoms with E-state index in [9.17, 15) is 26.4 Å². The number of alkyl halides is 3. The van der Waals surface area contributed by atoms with Crippen molar-refractivity contribution in [3.05, 3.63) is 41.9 Å². The number of carbonyl (C=O) groups excluding carboxylic acids is 1. The molecular weight excluding hydrogens is 445 g/mol. The maximum Gasteiger partial charge on any atom is 0.430 e. The van der Waals surface area contributed by atoms with Crippen LogP contribution in [0, 0.1) is 0 Å². The second-order valence-corrected chi connectivity index (χ2v) is 8.59. The van der Waals surface area contributed by atoms with Crippen LogP contribution in [0.2, 0.25) is 0 Å². The molecule has 0 saturated heterocycles. The van der Waals surface area contributed by atoms with Gasteiger partial charge in [-0.05, 0) is 36.7 Å². The molecule has 0 radical (unpaired) electrons. The van der Waals surface area contributed by atoms with Crippen LogP contribution < -0.4 is 5.73 Å². The molecule has 0 unspecified atom stereocenters. The third-order valence-electron chi connectivity index (χ3n) is 3.47. The first-order valence-corrected chi connectivity index (χ1v) is 11.0. The van der Waals surface area contributed by atoms with Crippen LogP contribution in [0.4, 0.5) is 13.2 Å². The lowest BCUT2D eigenvalue weighted by Crippen LogP contribution is -2.21. The molecule has 1 aromatic carbocycles. The predicted octanol–water partition coefficient (Wildman–Crippen LogP) is 2.37. The molecule has 2 aromatic rings. The number of aliphatic imine (C=N–C) groups is 1. The fourth-order valence-electron chi connectivity index (χ4n) is 2.07. The Balaban J connectivity index is 2.45. The molecule has 0 aliphatic carbocycles. The van der Waals surface area contributed by atoms with Crippen LogP contribution >= 0.6 is 11.5 Å². The zero-order valence-corrected chi connectivity index (χ0v) is 17.4. The van der Waals surface area contributed by atoms with Gasteiger partial charge in [-0.2, -0.15) is 17.5 Å². The van der Waals surface area contributed by atoms with Crippen LogP contribution in [0.1, 0.15) is 12.7 Å². The van der Waals surface area contributed by atoms with Crippen molar-refractivity contribution in [3.8, 4) is 10.6 Å². The minimum Gasteiger partial charge on any atom is -0.465 e. The fourth-order valence-corrected chi connectivity index (χ4v) is 3.40. The minimum atomic E-state index is -4.81. The van der Waals surface area contributed by atoms with Gasteiger partial charge in [-0.3, -0.25) is 9.79 Å². The monoisotopic (exact) mass is 462 g/mol. The Kier molecular flexibility index (Phi) is 7.31. The van der Waals surface area contributed by atoms with Gasteiger partial charge in [-0.15, -0.1) is 0 Å². The summed E-state index contributed by atoms with van der Waals surface area (Å²) in [6.45, 7) is 1.10. The van der Waals surface area contributed by atoms with Crippen molar-refractivity contribution in [3.63, 3.8) is 0 Å². The average Bonchev–Trinajstić information content (AvgIpc) is 3.14. The number of hydrogen-bond acceptors (Lipinski definition) is 9. The quantitative estimate of drug-likeness (QED) is 0.495. The van der Waals surface area contributed by atoms with Crippen molar-refractivity contribution in [2.45, 2.75) is 18.0 Å². The highest BCUT2D eigenvalue weighted by Gasteiger charge is 2.32. The third-order valence-corrected chi connectivity index (χ3v) is 5.34. The van der Waals surface area contributed by atoms with E-state index >= 15 is 0 Å². The number of rotatable bonds is 7. The number of halogens is 3. The van der Waals surface area contributed by atoms with Crippen LogP contribution in [-0.2, 0) is 19.4 Å². The van der Waals surface area contributed by atoms with Gasteiger partial charge >= 0.3 is 12.1 Å². The van der Waals surface area contributed by atoms with Gasteiger partial charge in [-0.1, -0.05) is 12.1 Å². The summed E-state index contributed by atoms with van der Waals surface area (Å²) in [5.41, 5.74) is 3.66. The second kappa shape index (κ2) is 9.34. The van der Waals surface area contributed by atoms with E-state index in [2.05, 4.69) is 14.3 Å². The highest BCUT2D eigenvalue weighted by molar-refractivity contribution is 7.90. The Hall–Kier alpha value is -2.80. The van der Waals surface area contributed by atoms with E-state index in [1.807, 2.05) is 0 Å². The molecule has 162 valence electrons. The number of esters is 1. The van der Waals surface area contributed by atoms with Gasteiger partial charge in [0.05, 0.1) is 11.5 Å². The van der Waals surface area contributed by atoms with Gasteiger partial charge in [-0.25, -0.2) is 13.4 Å². The van der Waals surface area contributed by atoms with Gasteiger partial charge in [0, 0.05) is 11.8 Å². The molecule has 2 N–H and O–H groups in total. The van der Waals surface area contributed by atoms with Crippen LogP contribution in [0.25, 0.3) is 10.6 Å². The molecule has 13 heteroatoms. The molecule has 0 spiro atoms. The zero-order valence-electron chi connectivity index (χ0n) is 15.8. The van der Waals surface area contributed by atoms with Gasteiger partial charge < -0.3 is 10.5 Å². The first-order chi connectivity index (χ1) is 13.9. The van der Waals surface area contributed by atoms with Crippen LogP contribution in [0.3, 0.4) is 0 Å². The number of hydrogen-bond donors (Lipinski definition) is 1. The normalized spacial score (nSPS) is 13.4. The minimum absolute atomic E-state index is 0.0502. The molecule has 1 heterocycles. The molecular formula is C17H17F3N4O4S2. The van der Waals surface area contributed by atoms with E-state index in [0.717, 1.165) is 17.8 Å². The Morgan fingerprint density at radius 1 is 1.37 bits per heavy atom. The second-order valence-electron chi connectivity index (χ2n) is 5.83. The van der Waals surface area contributed by atoms with Crippen molar-refractivity contribution in [2.24, 2.45) is 10.7 Å². The molecule has 0 fully saturated rings. The summed E-state index contributed by atoms with van der Waals surface area (Å²) in [6, 6.07) is 5.85. The summed E-state index contributed by atoms with van der Waals surface area (Å²) in [6.07, 6.45) is -3.24. The highest BCUT2D eigenvalue weighted by Crippen LogP contribution is 2.26. The van der Waals surface area contributed by atoms with E-state index in [1.54, 1.807) is 13.0 Å². The van der Waals surface area contributed by atoms with Gasteiger partial charge in [0.15, 0.2) is 15.7 Å². The first-order valence-electron chi connectivity index (χ1n) is 8.30. The zero-order chi connectivity index (χ0) is 22.5. The van der Waals surface area contributed by atoms with Crippen molar-refractivity contribution in [2.75, 3.05) is 19.4 Å². The van der Waals surface area contributed by atoms with Crippen molar-refractivity contribution >= 4 is 33.1 Å². The number of ether oxygens (including phenoxy) is 1. The Bertz CT molecular complexity index is 1090. The molecule has 30 heavy (non-hydrogen) atoms. The first kappa shape index (κ1) is 23.5. The van der Waals surface area contributed by atoms with Crippen molar-refractivity contribution in [1.29, 1.82) is 0 Å². The number of benzene rings is 1. The third kappa shape index (κ3) is 6.35. The number of carbonyl (C=O) groups is 1. The molecule has 0 amide bonds. The summed E-state index contributed by atoms with van der Waals surface area (Å²) in [5, 5.41) is 0.248. The SMILES string of the molecule is CCOC(=O)CN=C(C=C(N)C(F)(F)F)c1nsc(-c2cccc(S(C)(=O)=O)c2)n1. The van der Waals surface area contributed by atoms with E-state index in [4.69, 9.17) is 10.5 Å². The smallest absolute Gasteiger partial charge is 0.430 e. The summed E-state index contributed by atoms with van der Waals surface area (Å²) >= 11 is 0.825. The Morgan fingerprint density at radius 2 is 2.07 bits per heavy atom. The number of sulfone groups is 1. The number of aromatic nitrogens is 2. The summed E-state index contributed by atoms with van der Waals surface area (Å²) in [7, 11) is -3.47. The van der Waals surface area contributed by atoms with Gasteiger partial charge in [0.25, 0.3) is 0 Å². The molecule has 0 atom stereocenters. The maximum absolute atomic E-state index is 12.8. The van der Waals surface area contributed by atoms with Crippen molar-refractivity contribution in [1.82, 2.24) is 9.36 Å². The summed E-state index contributed by atoms with van der Waals surface area (Å²) in [5.74, 6) is -0.943. The van der Waals surface area contributed by atoms with Crippen LogP contribution in [-0.4, -0.2) is 55.0 Å². The molecule has 8 nitrogen and oxygen atoms in total. The molecule has 2 rings (SSSR count). The maximum atomic E-state index is 12.8. The number of nitrogens with zero attached hydrogens (tertiary/aromatic N) is 3. The summed E-state index contributed by atoms with van der Waals surface area (Å²) < 4.78 is 70.6. The predicted molar refractivity (Wildman–Crippen MR) is 105 cm³/mol. The van der Waals surface area contributed by atoms with E-state index in [0.29, 0.717) is 11.6 Å². The van der Waals surface area contributed by atoms with E-state index in [-0.39, 0.29) is 28.0 Å². The van der Waals surface area contributed by atoms with E-state index < -0.39 is 34.2 Å². The molecule has 0 aliphatic rings. The highest BCUT2D eigenvalue weighted by atomic mass is 32.2. The topological polar surface area (TPSA) is 125 Å². The number of nitrogens with two attached hydrogens (primary N) is 1. The number of allylic oxidation sites excluding steroid dienone is 2. The molecule has 1 aromatic heterocycles. The Morgan fingerprint density at radius 3 is 2.67 bits per heavy atom. The summed E-state index contributed by atoms with van der Waals surface area (Å²) in [4.78, 5) is 19.5. The average molecular weight is 462 g/mol. The van der Waals surface area contributed by atoms with Gasteiger partial charge in [0.1, 0.15) is 23.0 Å².